The van der Waals surface area contributed by atoms with Crippen molar-refractivity contribution in [2.24, 2.45) is 11.8 Å². The Morgan fingerprint density at radius 3 is 2.59 bits per heavy atom. The molecule has 1 aromatic carbocycles. The van der Waals surface area contributed by atoms with Gasteiger partial charge in [0, 0.05) is 36.1 Å². The van der Waals surface area contributed by atoms with Gasteiger partial charge in [-0.25, -0.2) is 0 Å². The molecule has 1 aliphatic rings. The van der Waals surface area contributed by atoms with E-state index in [-0.39, 0.29) is 43.0 Å². The highest BCUT2D eigenvalue weighted by atomic mass is 35.5. The van der Waals surface area contributed by atoms with Gasteiger partial charge in [0.2, 0.25) is 11.8 Å². The fraction of sp³-hybridized carbons (Fsp3) is 0.571. The monoisotopic (exact) mass is 442 g/mol. The van der Waals surface area contributed by atoms with Crippen LogP contribution >= 0.6 is 23.2 Å². The van der Waals surface area contributed by atoms with Crippen molar-refractivity contribution >= 4 is 40.8 Å². The minimum atomic E-state index is -1.32. The summed E-state index contributed by atoms with van der Waals surface area (Å²) in [7, 11) is 0. The van der Waals surface area contributed by atoms with Gasteiger partial charge in [0.15, 0.2) is 0 Å². The lowest BCUT2D eigenvalue weighted by atomic mass is 9.84. The van der Waals surface area contributed by atoms with E-state index in [1.54, 1.807) is 23.1 Å². The predicted molar refractivity (Wildman–Crippen MR) is 113 cm³/mol. The van der Waals surface area contributed by atoms with Crippen LogP contribution in [0.25, 0.3) is 0 Å². The largest absolute Gasteiger partial charge is 0.390 e. The number of Topliss-reactive ketones (excluding diaryl/α,β-unsaturated/α-hetero) is 1. The molecule has 1 aromatic rings. The summed E-state index contributed by atoms with van der Waals surface area (Å²) in [6.45, 7) is 5.51. The summed E-state index contributed by atoms with van der Waals surface area (Å²) in [5.74, 6) is -1.77. The van der Waals surface area contributed by atoms with Crippen molar-refractivity contribution in [3.8, 4) is 0 Å². The first-order valence-corrected chi connectivity index (χ1v) is 10.5. The maximum atomic E-state index is 13.0. The summed E-state index contributed by atoms with van der Waals surface area (Å²) >= 11 is 12.0. The average Bonchev–Trinajstić information content (AvgIpc) is 2.63. The Morgan fingerprint density at radius 1 is 1.31 bits per heavy atom. The lowest BCUT2D eigenvalue weighted by molar-refractivity contribution is -0.148. The van der Waals surface area contributed by atoms with Crippen molar-refractivity contribution in [3.05, 3.63) is 33.8 Å². The number of hydrogen-bond donors (Lipinski definition) is 2. The van der Waals surface area contributed by atoms with Gasteiger partial charge in [0.1, 0.15) is 5.78 Å². The van der Waals surface area contributed by atoms with E-state index in [1.807, 2.05) is 0 Å². The summed E-state index contributed by atoms with van der Waals surface area (Å²) in [5, 5.41) is 14.2. The molecule has 0 bridgehead atoms. The number of carbonyl (C=O) groups excluding carboxylic acids is 3. The zero-order valence-corrected chi connectivity index (χ0v) is 18.5. The molecule has 0 saturated carbocycles. The Bertz CT molecular complexity index is 776. The summed E-state index contributed by atoms with van der Waals surface area (Å²) in [6.07, 6.45) is 1.33. The SMILES string of the molecule is CC(=O)C[C@@H](C(=O)N1CCC[C@@H](C(=O)NCc2ccc(Cl)cc2Cl)C1)C(C)(C)O. The van der Waals surface area contributed by atoms with Gasteiger partial charge >= 0.3 is 0 Å². The second-order valence-electron chi connectivity index (χ2n) is 8.19. The van der Waals surface area contributed by atoms with E-state index >= 15 is 0 Å². The first kappa shape index (κ1) is 23.6. The predicted octanol–water partition coefficient (Wildman–Crippen LogP) is 3.21. The smallest absolute Gasteiger partial charge is 0.229 e. The number of aliphatic hydroxyl groups is 1. The highest BCUT2D eigenvalue weighted by Crippen LogP contribution is 2.27. The Hall–Kier alpha value is -1.63. The number of halogens is 2. The molecule has 1 saturated heterocycles. The van der Waals surface area contributed by atoms with Gasteiger partial charge in [-0.15, -0.1) is 0 Å². The number of rotatable bonds is 7. The third kappa shape index (κ3) is 6.69. The Labute approximate surface area is 181 Å². The van der Waals surface area contributed by atoms with Crippen molar-refractivity contribution in [3.63, 3.8) is 0 Å². The topological polar surface area (TPSA) is 86.7 Å². The van der Waals surface area contributed by atoms with Crippen molar-refractivity contribution < 1.29 is 19.5 Å². The van der Waals surface area contributed by atoms with Gasteiger partial charge in [-0.05, 0) is 51.3 Å². The number of amides is 2. The van der Waals surface area contributed by atoms with Crippen LogP contribution in [-0.4, -0.2) is 46.3 Å². The normalized spacial score (nSPS) is 18.3. The quantitative estimate of drug-likeness (QED) is 0.678. The van der Waals surface area contributed by atoms with E-state index in [9.17, 15) is 19.5 Å². The molecule has 160 valence electrons. The van der Waals surface area contributed by atoms with Crippen molar-refractivity contribution in [2.75, 3.05) is 13.1 Å². The van der Waals surface area contributed by atoms with Gasteiger partial charge in [-0.1, -0.05) is 29.3 Å². The molecule has 1 aliphatic heterocycles. The molecule has 6 nitrogen and oxygen atoms in total. The molecule has 0 spiro atoms. The third-order valence-corrected chi connectivity index (χ3v) is 5.80. The molecule has 2 N–H and O–H groups in total. The van der Waals surface area contributed by atoms with Crippen LogP contribution in [-0.2, 0) is 20.9 Å². The van der Waals surface area contributed by atoms with E-state index in [1.165, 1.54) is 20.8 Å². The van der Waals surface area contributed by atoms with Gasteiger partial charge < -0.3 is 20.1 Å². The van der Waals surface area contributed by atoms with Gasteiger partial charge in [-0.2, -0.15) is 0 Å². The van der Waals surface area contributed by atoms with Crippen LogP contribution in [0, 0.1) is 11.8 Å². The van der Waals surface area contributed by atoms with Crippen LogP contribution in [0.1, 0.15) is 45.6 Å². The van der Waals surface area contributed by atoms with Crippen LogP contribution in [0.4, 0.5) is 0 Å². The average molecular weight is 443 g/mol. The molecule has 2 rings (SSSR count). The number of nitrogens with zero attached hydrogens (tertiary/aromatic N) is 1. The summed E-state index contributed by atoms with van der Waals surface area (Å²) in [4.78, 5) is 38.8. The van der Waals surface area contributed by atoms with Gasteiger partial charge in [-0.3, -0.25) is 9.59 Å². The molecular formula is C21H28Cl2N2O4. The molecule has 0 aliphatic carbocycles. The number of nitrogens with one attached hydrogen (secondary N) is 1. The molecule has 0 aromatic heterocycles. The number of hydrogen-bond acceptors (Lipinski definition) is 4. The fourth-order valence-electron chi connectivity index (χ4n) is 3.53. The highest BCUT2D eigenvalue weighted by molar-refractivity contribution is 6.35. The van der Waals surface area contributed by atoms with Crippen LogP contribution in [0.5, 0.6) is 0 Å². The second-order valence-corrected chi connectivity index (χ2v) is 9.03. The summed E-state index contributed by atoms with van der Waals surface area (Å²) in [6, 6.07) is 5.09. The maximum absolute atomic E-state index is 13.0. The first-order valence-electron chi connectivity index (χ1n) is 9.71. The van der Waals surface area contributed by atoms with Crippen LogP contribution in [0.3, 0.4) is 0 Å². The Balaban J connectivity index is 2.00. The Kier molecular flexibility index (Phi) is 8.09. The van der Waals surface area contributed by atoms with Gasteiger partial charge in [0.25, 0.3) is 0 Å². The van der Waals surface area contributed by atoms with E-state index in [2.05, 4.69) is 5.32 Å². The zero-order chi connectivity index (χ0) is 21.8. The molecule has 8 heteroatoms. The first-order chi connectivity index (χ1) is 13.5. The van der Waals surface area contributed by atoms with Gasteiger partial charge in [0.05, 0.1) is 17.4 Å². The maximum Gasteiger partial charge on any atom is 0.229 e. The molecule has 0 radical (unpaired) electrons. The lowest BCUT2D eigenvalue weighted by Crippen LogP contribution is -2.51. The number of ketones is 1. The molecule has 2 amide bonds. The van der Waals surface area contributed by atoms with E-state index in [0.717, 1.165) is 5.56 Å². The third-order valence-electron chi connectivity index (χ3n) is 5.21. The molecule has 0 unspecified atom stereocenters. The van der Waals surface area contributed by atoms with Crippen LogP contribution in [0.15, 0.2) is 18.2 Å². The minimum Gasteiger partial charge on any atom is -0.390 e. The van der Waals surface area contributed by atoms with Crippen molar-refractivity contribution in [1.82, 2.24) is 10.2 Å². The van der Waals surface area contributed by atoms with E-state index in [0.29, 0.717) is 29.4 Å². The lowest BCUT2D eigenvalue weighted by Gasteiger charge is -2.37. The highest BCUT2D eigenvalue weighted by Gasteiger charge is 2.39. The van der Waals surface area contributed by atoms with Crippen LogP contribution < -0.4 is 5.32 Å². The number of likely N-dealkylation sites (tertiary alicyclic amines) is 1. The van der Waals surface area contributed by atoms with Crippen molar-refractivity contribution in [2.45, 2.75) is 52.2 Å². The number of piperidine rings is 1. The van der Waals surface area contributed by atoms with Crippen LogP contribution in [0.2, 0.25) is 10.0 Å². The number of benzene rings is 1. The molecule has 2 atom stereocenters. The number of carbonyl (C=O) groups is 3. The standard InChI is InChI=1S/C21H28Cl2N2O4/c1-13(26)9-17(21(2,3)29)20(28)25-8-4-5-15(12-25)19(27)24-11-14-6-7-16(22)10-18(14)23/h6-7,10,15,17,29H,4-5,8-9,11-12H2,1-3H3,(H,24,27)/t15-,17+/m1/s1. The van der Waals surface area contributed by atoms with E-state index in [4.69, 9.17) is 23.2 Å². The summed E-state index contributed by atoms with van der Waals surface area (Å²) < 4.78 is 0. The molecule has 1 heterocycles. The minimum absolute atomic E-state index is 0.0231. The molecule has 1 fully saturated rings. The second kappa shape index (κ2) is 9.92. The zero-order valence-electron chi connectivity index (χ0n) is 17.0. The van der Waals surface area contributed by atoms with E-state index < -0.39 is 11.5 Å². The fourth-order valence-corrected chi connectivity index (χ4v) is 4.01. The molecular weight excluding hydrogens is 415 g/mol. The van der Waals surface area contributed by atoms with Crippen molar-refractivity contribution in [1.29, 1.82) is 0 Å². The summed E-state index contributed by atoms with van der Waals surface area (Å²) in [5.41, 5.74) is -0.555. The Morgan fingerprint density at radius 2 is 2.00 bits per heavy atom. The molecule has 29 heavy (non-hydrogen) atoms.